The Kier molecular flexibility index (Phi) is 7.66. The average molecular weight is 398 g/mol. The molecule has 0 saturated carbocycles. The second kappa shape index (κ2) is 10.4. The number of aliphatic imine (C=N–C) groups is 1. The maximum Gasteiger partial charge on any atom is 0.305 e. The smallest absolute Gasteiger partial charge is 0.305 e. The van der Waals surface area contributed by atoms with E-state index in [4.69, 9.17) is 16.6 Å². The third-order valence-electron chi connectivity index (χ3n) is 3.84. The number of carboxylic acid groups (broad SMARTS) is 1. The van der Waals surface area contributed by atoms with Crippen LogP contribution in [0.5, 0.6) is 0 Å². The molecule has 29 heavy (non-hydrogen) atoms. The van der Waals surface area contributed by atoms with E-state index in [1.165, 1.54) is 6.20 Å². The van der Waals surface area contributed by atoms with Crippen molar-refractivity contribution in [3.05, 3.63) is 65.5 Å². The Morgan fingerprint density at radius 2 is 1.97 bits per heavy atom. The van der Waals surface area contributed by atoms with Crippen LogP contribution in [0.1, 0.15) is 33.9 Å². The van der Waals surface area contributed by atoms with Crippen LogP contribution in [0.4, 0.5) is 0 Å². The monoisotopic (exact) mass is 398 g/mol. The number of hydrogen-bond acceptors (Lipinski definition) is 5. The second-order valence-corrected chi connectivity index (χ2v) is 6.13. The van der Waals surface area contributed by atoms with Gasteiger partial charge >= 0.3 is 5.97 Å². The van der Waals surface area contributed by atoms with E-state index in [0.29, 0.717) is 11.1 Å². The maximum absolute atomic E-state index is 12.3. The van der Waals surface area contributed by atoms with E-state index in [1.54, 1.807) is 42.6 Å². The quantitative estimate of drug-likeness (QED) is 0.290. The summed E-state index contributed by atoms with van der Waals surface area (Å²) in [6.07, 6.45) is 2.72. The van der Waals surface area contributed by atoms with Gasteiger partial charge in [0.15, 0.2) is 5.96 Å². The number of nitrogens with two attached hydrogens (primary N) is 2. The van der Waals surface area contributed by atoms with Gasteiger partial charge in [0.1, 0.15) is 0 Å². The van der Waals surface area contributed by atoms with Crippen molar-refractivity contribution < 1.29 is 19.5 Å². The van der Waals surface area contributed by atoms with Gasteiger partial charge in [-0.25, -0.2) is 4.99 Å². The maximum atomic E-state index is 12.3. The molecule has 1 unspecified atom stereocenters. The highest BCUT2D eigenvalue weighted by atomic mass is 16.4. The van der Waals surface area contributed by atoms with Crippen molar-refractivity contribution in [1.29, 1.82) is 0 Å². The van der Waals surface area contributed by atoms with Gasteiger partial charge in [-0.05, 0) is 29.3 Å². The summed E-state index contributed by atoms with van der Waals surface area (Å²) < 4.78 is 0. The molecule has 0 spiro atoms. The number of nitrogens with one attached hydrogen (secondary N) is 2. The molecule has 0 aliphatic heterocycles. The molecule has 2 amide bonds. The Hall–Kier alpha value is -3.95. The Morgan fingerprint density at radius 1 is 1.17 bits per heavy atom. The largest absolute Gasteiger partial charge is 0.481 e. The molecule has 7 N–H and O–H groups in total. The lowest BCUT2D eigenvalue weighted by atomic mass is 10.1. The van der Waals surface area contributed by atoms with Gasteiger partial charge in [0.2, 0.25) is 5.91 Å². The lowest BCUT2D eigenvalue weighted by Crippen LogP contribution is -2.39. The van der Waals surface area contributed by atoms with Gasteiger partial charge < -0.3 is 27.2 Å². The molecule has 152 valence electrons. The van der Waals surface area contributed by atoms with Crippen LogP contribution in [0, 0.1) is 0 Å². The van der Waals surface area contributed by atoms with Gasteiger partial charge in [0.25, 0.3) is 5.91 Å². The molecule has 0 saturated heterocycles. The molecule has 1 aromatic heterocycles. The van der Waals surface area contributed by atoms with Gasteiger partial charge in [-0.2, -0.15) is 0 Å². The number of aliphatic carboxylic acids is 1. The first kappa shape index (κ1) is 21.4. The molecule has 2 aromatic rings. The molecule has 0 aliphatic carbocycles. The summed E-state index contributed by atoms with van der Waals surface area (Å²) in [5, 5.41) is 14.2. The highest BCUT2D eigenvalue weighted by Gasteiger charge is 2.18. The van der Waals surface area contributed by atoms with E-state index < -0.39 is 23.8 Å². The van der Waals surface area contributed by atoms with Gasteiger partial charge in [-0.1, -0.05) is 18.2 Å². The van der Waals surface area contributed by atoms with Gasteiger partial charge in [-0.15, -0.1) is 0 Å². The van der Waals surface area contributed by atoms with Crippen LogP contribution in [0.3, 0.4) is 0 Å². The molecular weight excluding hydrogens is 376 g/mol. The zero-order valence-electron chi connectivity index (χ0n) is 15.5. The van der Waals surface area contributed by atoms with Crippen LogP contribution < -0.4 is 22.1 Å². The molecule has 0 bridgehead atoms. The first-order valence-corrected chi connectivity index (χ1v) is 8.68. The van der Waals surface area contributed by atoms with Crippen LogP contribution in [-0.4, -0.2) is 40.4 Å². The minimum Gasteiger partial charge on any atom is -0.481 e. The number of carbonyl (C=O) groups excluding carboxylic acids is 2. The van der Waals surface area contributed by atoms with Gasteiger partial charge in [-0.3, -0.25) is 19.4 Å². The predicted octanol–water partition coefficient (Wildman–Crippen LogP) is -0.0830. The Morgan fingerprint density at radius 3 is 2.62 bits per heavy atom. The zero-order valence-corrected chi connectivity index (χ0v) is 15.5. The normalized spacial score (nSPS) is 11.2. The van der Waals surface area contributed by atoms with Crippen molar-refractivity contribution in [2.24, 2.45) is 16.5 Å². The topological polar surface area (TPSA) is 173 Å². The van der Waals surface area contributed by atoms with Crippen molar-refractivity contribution in [3.63, 3.8) is 0 Å². The van der Waals surface area contributed by atoms with Crippen LogP contribution in [0.2, 0.25) is 0 Å². The molecular formula is C19H22N6O4. The molecule has 0 fully saturated rings. The number of amides is 2. The van der Waals surface area contributed by atoms with E-state index in [2.05, 4.69) is 20.6 Å². The molecule has 10 heteroatoms. The molecule has 2 rings (SSSR count). The molecule has 1 heterocycles. The number of aromatic nitrogens is 1. The van der Waals surface area contributed by atoms with Gasteiger partial charge in [0, 0.05) is 18.0 Å². The first-order chi connectivity index (χ1) is 13.8. The third kappa shape index (κ3) is 7.29. The summed E-state index contributed by atoms with van der Waals surface area (Å²) in [7, 11) is 0. The van der Waals surface area contributed by atoms with Crippen LogP contribution in [0.25, 0.3) is 0 Å². The first-order valence-electron chi connectivity index (χ1n) is 8.68. The average Bonchev–Trinajstić information content (AvgIpc) is 2.70. The Balaban J connectivity index is 1.95. The van der Waals surface area contributed by atoms with Crippen molar-refractivity contribution in [2.45, 2.75) is 19.0 Å². The fourth-order valence-electron chi connectivity index (χ4n) is 2.51. The van der Waals surface area contributed by atoms with Crippen LogP contribution in [0.15, 0.2) is 53.8 Å². The summed E-state index contributed by atoms with van der Waals surface area (Å²) in [5.41, 5.74) is 12.2. The fraction of sp³-hybridized carbons (Fsp3) is 0.211. The van der Waals surface area contributed by atoms with E-state index in [0.717, 1.165) is 5.56 Å². The molecule has 1 aromatic carbocycles. The Labute approximate surface area is 167 Å². The van der Waals surface area contributed by atoms with Crippen molar-refractivity contribution in [2.75, 3.05) is 6.54 Å². The summed E-state index contributed by atoms with van der Waals surface area (Å²) >= 11 is 0. The third-order valence-corrected chi connectivity index (χ3v) is 3.84. The minimum absolute atomic E-state index is 0.0546. The second-order valence-electron chi connectivity index (χ2n) is 6.13. The highest BCUT2D eigenvalue weighted by molar-refractivity contribution is 5.96. The number of carbonyl (C=O) groups is 3. The summed E-state index contributed by atoms with van der Waals surface area (Å²) in [4.78, 5) is 43.4. The lowest BCUT2D eigenvalue weighted by Gasteiger charge is -2.17. The fourth-order valence-corrected chi connectivity index (χ4v) is 2.51. The van der Waals surface area contributed by atoms with Gasteiger partial charge in [0.05, 0.1) is 25.6 Å². The predicted molar refractivity (Wildman–Crippen MR) is 106 cm³/mol. The van der Waals surface area contributed by atoms with Crippen molar-refractivity contribution >= 4 is 23.7 Å². The molecule has 0 radical (unpaired) electrons. The number of hydrogen-bond donors (Lipinski definition) is 5. The van der Waals surface area contributed by atoms with Crippen molar-refractivity contribution in [3.8, 4) is 0 Å². The number of rotatable bonds is 9. The summed E-state index contributed by atoms with van der Waals surface area (Å²) in [6.45, 7) is -0.0841. The number of nitrogens with zero attached hydrogens (tertiary/aromatic N) is 2. The van der Waals surface area contributed by atoms with E-state index in [1.807, 2.05) is 0 Å². The Bertz CT molecular complexity index is 897. The van der Waals surface area contributed by atoms with E-state index >= 15 is 0 Å². The number of benzene rings is 1. The van der Waals surface area contributed by atoms with Crippen LogP contribution >= 0.6 is 0 Å². The minimum atomic E-state index is -1.07. The SMILES string of the molecule is NC(N)=NCc1cccc(C(=O)NCC(=O)NC(CC(=O)O)c2cccnc2)c1. The zero-order chi connectivity index (χ0) is 21.2. The highest BCUT2D eigenvalue weighted by Crippen LogP contribution is 2.15. The lowest BCUT2D eigenvalue weighted by molar-refractivity contribution is -0.137. The van der Waals surface area contributed by atoms with E-state index in [9.17, 15) is 14.4 Å². The van der Waals surface area contributed by atoms with Crippen LogP contribution in [-0.2, 0) is 16.1 Å². The van der Waals surface area contributed by atoms with Crippen molar-refractivity contribution in [1.82, 2.24) is 15.6 Å². The standard InChI is InChI=1S/C19H22N6O4/c20-19(21)24-9-12-3-1-4-13(7-12)18(29)23-11-16(26)25-15(8-17(27)28)14-5-2-6-22-10-14/h1-7,10,15H,8-9,11H2,(H,23,29)(H,25,26)(H,27,28)(H4,20,21,24). The summed E-state index contributed by atoms with van der Waals surface area (Å²) in [6, 6.07) is 9.21. The molecule has 1 atom stereocenters. The molecule has 10 nitrogen and oxygen atoms in total. The number of pyridine rings is 1. The summed E-state index contributed by atoms with van der Waals surface area (Å²) in [5.74, 6) is -2.10. The number of guanidine groups is 1. The number of carboxylic acids is 1. The van der Waals surface area contributed by atoms with E-state index in [-0.39, 0.29) is 25.5 Å². The molecule has 0 aliphatic rings.